The summed E-state index contributed by atoms with van der Waals surface area (Å²) < 4.78 is 3.42. The van der Waals surface area contributed by atoms with Gasteiger partial charge < -0.3 is 9.55 Å². The average Bonchev–Trinajstić information content (AvgIpc) is 3.71. The van der Waals surface area contributed by atoms with Gasteiger partial charge in [-0.1, -0.05) is 65.5 Å². The van der Waals surface area contributed by atoms with Crippen LogP contribution in [0.4, 0.5) is 0 Å². The third kappa shape index (κ3) is 5.16. The second-order valence-corrected chi connectivity index (χ2v) is 12.0. The van der Waals surface area contributed by atoms with Crippen LogP contribution in [0.5, 0.6) is 0 Å². The number of hydrogen-bond acceptors (Lipinski definition) is 5. The van der Waals surface area contributed by atoms with Crippen LogP contribution in [0.15, 0.2) is 140 Å². The first kappa shape index (κ1) is 29.1. The molecular weight excluding hydrogens is 778 g/mol. The number of hydrogen-bond donors (Lipinski definition) is 0. The summed E-state index contributed by atoms with van der Waals surface area (Å²) in [6.07, 6.45) is 5.50. The Morgan fingerprint density at radius 2 is 1.34 bits per heavy atom. The van der Waals surface area contributed by atoms with E-state index in [0.29, 0.717) is 0 Å². The van der Waals surface area contributed by atoms with Crippen molar-refractivity contribution >= 4 is 43.4 Å². The van der Waals surface area contributed by atoms with E-state index in [1.54, 1.807) is 17.5 Å². The van der Waals surface area contributed by atoms with Gasteiger partial charge >= 0.3 is 21.1 Å². The molecule has 0 unspecified atom stereocenters. The quantitative estimate of drug-likeness (QED) is 0.163. The number of para-hydroxylation sites is 2. The van der Waals surface area contributed by atoms with Crippen molar-refractivity contribution in [3.8, 4) is 50.0 Å². The fourth-order valence-electron chi connectivity index (χ4n) is 6.01. The van der Waals surface area contributed by atoms with Crippen LogP contribution in [0.2, 0.25) is 0 Å². The summed E-state index contributed by atoms with van der Waals surface area (Å²) in [4.78, 5) is 19.0. The summed E-state index contributed by atoms with van der Waals surface area (Å²) in [5.74, 6) is 0. The molecule has 7 heteroatoms. The normalized spacial score (nSPS) is 11.2. The van der Waals surface area contributed by atoms with Crippen molar-refractivity contribution in [1.82, 2.24) is 24.5 Å². The number of aromatic nitrogens is 5. The third-order valence-corrected chi connectivity index (χ3v) is 9.27. The zero-order valence-electron chi connectivity index (χ0n) is 24.7. The summed E-state index contributed by atoms with van der Waals surface area (Å²) in [6.45, 7) is 0. The van der Waals surface area contributed by atoms with Gasteiger partial charge in [-0.2, -0.15) is 11.3 Å². The zero-order valence-corrected chi connectivity index (χ0v) is 27.8. The summed E-state index contributed by atoms with van der Waals surface area (Å²) in [5, 5.41) is 3.21. The molecule has 0 amide bonds. The second kappa shape index (κ2) is 12.1. The molecule has 0 saturated carbocycles. The van der Waals surface area contributed by atoms with E-state index < -0.39 is 0 Å². The van der Waals surface area contributed by atoms with Gasteiger partial charge in [0.25, 0.3) is 0 Å². The van der Waals surface area contributed by atoms with E-state index in [4.69, 9.17) is 15.0 Å². The number of fused-ring (bicyclic) bond motifs is 4. The maximum Gasteiger partial charge on any atom is 2.00 e. The Morgan fingerprint density at radius 3 is 2.13 bits per heavy atom. The van der Waals surface area contributed by atoms with Gasteiger partial charge in [0.05, 0.1) is 11.2 Å². The Labute approximate surface area is 289 Å². The molecule has 0 fully saturated rings. The Kier molecular flexibility index (Phi) is 7.53. The number of rotatable bonds is 5. The fraction of sp³-hybridized carbons (Fsp3) is 0. The molecular formula is C40H23N5PtS. The number of benzene rings is 4. The van der Waals surface area contributed by atoms with Crippen molar-refractivity contribution in [1.29, 1.82) is 0 Å². The first-order chi connectivity index (χ1) is 22.8. The standard InChI is InChI=1S/C40H23N5S.Pt/c1-3-13-36-29(9-1)30-18-16-27(40-44-35-12-2-4-14-39(35)46-40)24-37(30)45(36)38-23-26(15-19-31(38)34-11-6-8-22-42-34)33-20-17-28(25-43-33)32-10-5-7-21-41-32;/h1-22,25H;/q-2;+2. The van der Waals surface area contributed by atoms with E-state index in [9.17, 15) is 0 Å². The molecule has 0 bridgehead atoms. The molecule has 0 radical (unpaired) electrons. The second-order valence-electron chi connectivity index (χ2n) is 11.0. The predicted molar refractivity (Wildman–Crippen MR) is 187 cm³/mol. The molecule has 0 saturated heterocycles. The van der Waals surface area contributed by atoms with E-state index in [1.807, 2.05) is 60.9 Å². The third-order valence-electron chi connectivity index (χ3n) is 8.20. The summed E-state index contributed by atoms with van der Waals surface area (Å²) in [7, 11) is 0. The Bertz CT molecular complexity index is 2490. The maximum absolute atomic E-state index is 4.94. The Morgan fingerprint density at radius 1 is 0.574 bits per heavy atom. The van der Waals surface area contributed by atoms with Crippen molar-refractivity contribution in [3.63, 3.8) is 0 Å². The first-order valence-corrected chi connectivity index (χ1v) is 15.8. The molecule has 0 atom stereocenters. The topological polar surface area (TPSA) is 56.5 Å². The van der Waals surface area contributed by atoms with Gasteiger partial charge in [-0.25, -0.2) is 0 Å². The van der Waals surface area contributed by atoms with Crippen LogP contribution < -0.4 is 0 Å². The molecule has 0 aliphatic carbocycles. The van der Waals surface area contributed by atoms with Crippen LogP contribution in [0.3, 0.4) is 0 Å². The van der Waals surface area contributed by atoms with Gasteiger partial charge in [-0.3, -0.25) is 15.0 Å². The van der Waals surface area contributed by atoms with E-state index in [2.05, 4.69) is 94.5 Å². The zero-order chi connectivity index (χ0) is 30.5. The minimum absolute atomic E-state index is 0. The maximum atomic E-state index is 4.94. The van der Waals surface area contributed by atoms with Crippen LogP contribution in [0.1, 0.15) is 0 Å². The SMILES string of the molecule is [Pt+2].[c-]1c(-c2ccc(-c3ccccn3)cn2)ccc(-c2ccccn2)c1-n1c2[c-]c(-c3nc4ccccc4s3)ccc2c2ccccc21. The Balaban J connectivity index is 0.00000324. The number of thiazole rings is 1. The van der Waals surface area contributed by atoms with Crippen LogP contribution >= 0.6 is 11.3 Å². The molecule has 5 nitrogen and oxygen atoms in total. The summed E-state index contributed by atoms with van der Waals surface area (Å²) in [6, 6.07) is 48.8. The molecule has 47 heavy (non-hydrogen) atoms. The molecule has 9 rings (SSSR count). The van der Waals surface area contributed by atoms with Gasteiger partial charge in [-0.15, -0.1) is 47.5 Å². The van der Waals surface area contributed by atoms with Crippen molar-refractivity contribution in [2.24, 2.45) is 0 Å². The van der Waals surface area contributed by atoms with E-state index >= 15 is 0 Å². The minimum atomic E-state index is 0. The molecule has 0 aliphatic rings. The molecule has 9 aromatic rings. The minimum Gasteiger partial charge on any atom is -0.345 e. The first-order valence-electron chi connectivity index (χ1n) is 15.0. The summed E-state index contributed by atoms with van der Waals surface area (Å²) >= 11 is 1.68. The van der Waals surface area contributed by atoms with Gasteiger partial charge in [0.2, 0.25) is 0 Å². The van der Waals surface area contributed by atoms with E-state index in [0.717, 1.165) is 82.1 Å². The van der Waals surface area contributed by atoms with Gasteiger partial charge in [0, 0.05) is 45.1 Å². The molecule has 0 N–H and O–H groups in total. The number of pyridine rings is 3. The number of nitrogens with zero attached hydrogens (tertiary/aromatic N) is 5. The molecule has 0 spiro atoms. The van der Waals surface area contributed by atoms with Crippen LogP contribution in [0.25, 0.3) is 82.1 Å². The Hall–Kier alpha value is -5.29. The van der Waals surface area contributed by atoms with Crippen LogP contribution in [-0.2, 0) is 21.1 Å². The van der Waals surface area contributed by atoms with Gasteiger partial charge in [-0.05, 0) is 64.7 Å². The molecule has 5 heterocycles. The van der Waals surface area contributed by atoms with Gasteiger partial charge in [0.15, 0.2) is 0 Å². The smallest absolute Gasteiger partial charge is 0.345 e. The molecule has 5 aromatic heterocycles. The predicted octanol–water partition coefficient (Wildman–Crippen LogP) is 9.84. The van der Waals surface area contributed by atoms with Crippen molar-refractivity contribution in [3.05, 3.63) is 152 Å². The summed E-state index contributed by atoms with van der Waals surface area (Å²) in [5.41, 5.74) is 10.3. The van der Waals surface area contributed by atoms with Crippen molar-refractivity contribution < 1.29 is 21.1 Å². The van der Waals surface area contributed by atoms with Crippen molar-refractivity contribution in [2.75, 3.05) is 0 Å². The largest absolute Gasteiger partial charge is 2.00 e. The molecule has 4 aromatic carbocycles. The van der Waals surface area contributed by atoms with Crippen LogP contribution in [0, 0.1) is 12.1 Å². The van der Waals surface area contributed by atoms with E-state index in [-0.39, 0.29) is 21.1 Å². The van der Waals surface area contributed by atoms with Crippen molar-refractivity contribution in [2.45, 2.75) is 0 Å². The average molecular weight is 801 g/mol. The molecule has 0 aliphatic heterocycles. The van der Waals surface area contributed by atoms with E-state index in [1.165, 1.54) is 0 Å². The molecule has 224 valence electrons. The fourth-order valence-corrected chi connectivity index (χ4v) is 6.96. The van der Waals surface area contributed by atoms with Crippen LogP contribution in [-0.4, -0.2) is 24.5 Å². The van der Waals surface area contributed by atoms with Gasteiger partial charge in [0.1, 0.15) is 0 Å². The monoisotopic (exact) mass is 800 g/mol.